The number of carbonyl (C=O) groups excluding carboxylic acids is 2. The van der Waals surface area contributed by atoms with E-state index in [4.69, 9.17) is 11.5 Å². The van der Waals surface area contributed by atoms with Crippen LogP contribution in [-0.4, -0.2) is 21.8 Å². The van der Waals surface area contributed by atoms with Gasteiger partial charge in [-0.1, -0.05) is 48.5 Å². The average Bonchev–Trinajstić information content (AvgIpc) is 3.20. The average molecular weight is 425 g/mol. The van der Waals surface area contributed by atoms with Gasteiger partial charge in [-0.25, -0.2) is 0 Å². The number of aromatic hydroxyl groups is 1. The molecule has 0 unspecified atom stereocenters. The van der Waals surface area contributed by atoms with Crippen molar-refractivity contribution in [1.82, 2.24) is 4.90 Å². The summed E-state index contributed by atoms with van der Waals surface area (Å²) < 4.78 is 0. The summed E-state index contributed by atoms with van der Waals surface area (Å²) in [5, 5.41) is 10.4. The number of para-hydroxylation sites is 1. The Hall–Kier alpha value is -4.24. The van der Waals surface area contributed by atoms with Crippen molar-refractivity contribution in [1.29, 1.82) is 0 Å². The Morgan fingerprint density at radius 1 is 1.03 bits per heavy atom. The molecule has 0 saturated carbocycles. The molecule has 0 spiro atoms. The minimum Gasteiger partial charge on any atom is -0.507 e. The van der Waals surface area contributed by atoms with Gasteiger partial charge >= 0.3 is 0 Å². The summed E-state index contributed by atoms with van der Waals surface area (Å²) in [6.45, 7) is 0. The second-order valence-corrected chi connectivity index (χ2v) is 7.68. The van der Waals surface area contributed by atoms with Crippen LogP contribution in [0.5, 0.6) is 5.75 Å². The molecule has 0 aromatic heterocycles. The molecule has 6 nitrogen and oxygen atoms in total. The van der Waals surface area contributed by atoms with E-state index < -0.39 is 23.9 Å². The van der Waals surface area contributed by atoms with Crippen LogP contribution in [0.1, 0.15) is 51.1 Å². The van der Waals surface area contributed by atoms with Gasteiger partial charge < -0.3 is 21.5 Å². The molecule has 0 fully saturated rings. The summed E-state index contributed by atoms with van der Waals surface area (Å²) in [4.78, 5) is 28.0. The molecule has 160 valence electrons. The summed E-state index contributed by atoms with van der Waals surface area (Å²) in [7, 11) is 0. The lowest BCUT2D eigenvalue weighted by molar-refractivity contribution is -0.123. The molecule has 3 aromatic carbocycles. The van der Waals surface area contributed by atoms with Crippen LogP contribution < -0.4 is 11.5 Å². The number of rotatable bonds is 5. The van der Waals surface area contributed by atoms with Crippen molar-refractivity contribution in [2.45, 2.75) is 24.9 Å². The summed E-state index contributed by atoms with van der Waals surface area (Å²) in [6, 6.07) is 22.0. The number of hydrogen-bond donors (Lipinski definition) is 3. The van der Waals surface area contributed by atoms with Crippen molar-refractivity contribution < 1.29 is 14.7 Å². The maximum atomic E-state index is 13.8. The molecular formula is C26H23N3O3. The van der Waals surface area contributed by atoms with Gasteiger partial charge in [0, 0.05) is 11.6 Å². The van der Waals surface area contributed by atoms with Crippen molar-refractivity contribution >= 4 is 11.8 Å². The first kappa shape index (κ1) is 21.0. The van der Waals surface area contributed by atoms with E-state index in [1.54, 1.807) is 42.5 Å². The van der Waals surface area contributed by atoms with Crippen LogP contribution >= 0.6 is 0 Å². The summed E-state index contributed by atoms with van der Waals surface area (Å²) in [6.07, 6.45) is 1.35. The fourth-order valence-corrected chi connectivity index (χ4v) is 4.36. The second-order valence-electron chi connectivity index (χ2n) is 7.68. The molecule has 2 atom stereocenters. The van der Waals surface area contributed by atoms with Crippen LogP contribution in [0.2, 0.25) is 0 Å². The topological polar surface area (TPSA) is 110 Å². The predicted molar refractivity (Wildman–Crippen MR) is 121 cm³/mol. The first-order valence-electron chi connectivity index (χ1n) is 10.3. The highest BCUT2D eigenvalue weighted by Gasteiger charge is 2.40. The quantitative estimate of drug-likeness (QED) is 0.431. The molecule has 32 heavy (non-hydrogen) atoms. The van der Waals surface area contributed by atoms with E-state index in [1.807, 2.05) is 24.3 Å². The van der Waals surface area contributed by atoms with Crippen LogP contribution in [0, 0.1) is 12.0 Å². The Labute approximate surface area is 186 Å². The van der Waals surface area contributed by atoms with Gasteiger partial charge in [-0.15, -0.1) is 0 Å². The Kier molecular flexibility index (Phi) is 5.82. The van der Waals surface area contributed by atoms with Crippen molar-refractivity contribution in [3.63, 3.8) is 0 Å². The van der Waals surface area contributed by atoms with Gasteiger partial charge in [0.25, 0.3) is 5.91 Å². The summed E-state index contributed by atoms with van der Waals surface area (Å²) in [5.74, 6) is 1.57. The number of aryl methyl sites for hydroxylation is 1. The van der Waals surface area contributed by atoms with Gasteiger partial charge in [0.2, 0.25) is 5.91 Å². The minimum absolute atomic E-state index is 0.112. The molecule has 1 aliphatic carbocycles. The molecule has 2 amide bonds. The lowest BCUT2D eigenvalue weighted by Crippen LogP contribution is -2.43. The first-order valence-corrected chi connectivity index (χ1v) is 10.3. The normalized spacial score (nSPS) is 15.2. The van der Waals surface area contributed by atoms with Crippen LogP contribution in [-0.2, 0) is 11.2 Å². The maximum Gasteiger partial charge on any atom is 0.259 e. The van der Waals surface area contributed by atoms with Crippen molar-refractivity contribution in [3.8, 4) is 17.7 Å². The van der Waals surface area contributed by atoms with Crippen molar-refractivity contribution in [2.75, 3.05) is 0 Å². The zero-order chi connectivity index (χ0) is 22.7. The molecule has 0 bridgehead atoms. The third kappa shape index (κ3) is 3.88. The third-order valence-corrected chi connectivity index (χ3v) is 5.78. The number of benzene rings is 3. The molecule has 5 N–H and O–H groups in total. The summed E-state index contributed by atoms with van der Waals surface area (Å²) in [5.41, 5.74) is 14.7. The summed E-state index contributed by atoms with van der Waals surface area (Å²) >= 11 is 0. The van der Waals surface area contributed by atoms with Crippen LogP contribution in [0.3, 0.4) is 0 Å². The minimum atomic E-state index is -1.01. The number of phenolic OH excluding ortho intramolecular Hbond substituents is 1. The monoisotopic (exact) mass is 425 g/mol. The van der Waals surface area contributed by atoms with E-state index in [1.165, 1.54) is 11.0 Å². The number of primary amides is 1. The van der Waals surface area contributed by atoms with Gasteiger partial charge in [-0.05, 0) is 59.7 Å². The zero-order valence-corrected chi connectivity index (χ0v) is 17.4. The lowest BCUT2D eigenvalue weighted by Gasteiger charge is -2.36. The second kappa shape index (κ2) is 8.86. The first-order chi connectivity index (χ1) is 15.5. The highest BCUT2D eigenvalue weighted by molar-refractivity contribution is 6.00. The Morgan fingerprint density at radius 3 is 2.44 bits per heavy atom. The number of hydrogen-bond acceptors (Lipinski definition) is 4. The molecule has 3 aromatic rings. The van der Waals surface area contributed by atoms with Gasteiger partial charge in [0.1, 0.15) is 11.8 Å². The number of amides is 2. The number of nitrogens with two attached hydrogens (primary N) is 2. The number of fused-ring (bicyclic) bond motifs is 1. The molecule has 1 aliphatic rings. The fraction of sp³-hybridized carbons (Fsp3) is 0.154. The number of nitrogens with zero attached hydrogens (tertiary/aromatic N) is 1. The number of carbonyl (C=O) groups is 2. The molecule has 0 heterocycles. The van der Waals surface area contributed by atoms with Crippen molar-refractivity contribution in [2.24, 2.45) is 11.5 Å². The molecule has 0 aliphatic heterocycles. The molecular weight excluding hydrogens is 402 g/mol. The Bertz CT molecular complexity index is 1230. The van der Waals surface area contributed by atoms with Crippen LogP contribution in [0.4, 0.5) is 0 Å². The van der Waals surface area contributed by atoms with Crippen LogP contribution in [0.25, 0.3) is 0 Å². The zero-order valence-electron chi connectivity index (χ0n) is 17.4. The molecule has 0 radical (unpaired) electrons. The fourth-order valence-electron chi connectivity index (χ4n) is 4.36. The van der Waals surface area contributed by atoms with E-state index in [2.05, 4.69) is 12.0 Å². The SMILES string of the molecule is NC#Cc1ccc2c(c1)[C@H](N(C(=O)c1ccccc1O)[C@@H](C(N)=O)c1ccccc1)CC2. The highest BCUT2D eigenvalue weighted by Crippen LogP contribution is 2.42. The lowest BCUT2D eigenvalue weighted by atomic mass is 9.97. The van der Waals surface area contributed by atoms with E-state index >= 15 is 0 Å². The Morgan fingerprint density at radius 2 is 1.75 bits per heavy atom. The highest BCUT2D eigenvalue weighted by atomic mass is 16.3. The van der Waals surface area contributed by atoms with Gasteiger partial charge in [0.15, 0.2) is 0 Å². The van der Waals surface area contributed by atoms with Crippen LogP contribution in [0.15, 0.2) is 72.8 Å². The largest absolute Gasteiger partial charge is 0.507 e. The Balaban J connectivity index is 1.89. The van der Waals surface area contributed by atoms with Gasteiger partial charge in [-0.2, -0.15) is 0 Å². The predicted octanol–water partition coefficient (Wildman–Crippen LogP) is 3.02. The van der Waals surface area contributed by atoms with E-state index in [-0.39, 0.29) is 11.3 Å². The molecule has 6 heteroatoms. The van der Waals surface area contributed by atoms with Crippen molar-refractivity contribution in [3.05, 3.63) is 101 Å². The standard InChI is InChI=1S/C26H23N3O3/c27-15-14-17-10-11-18-12-13-22(21(18)16-17)29(26(32)20-8-4-5-9-23(20)30)24(25(28)31)19-6-2-1-3-7-19/h1-11,16,22,24,30H,12-13,27H2,(H2,28,31)/t22-,24-/m1/s1. The van der Waals surface area contributed by atoms with E-state index in [9.17, 15) is 14.7 Å². The molecule has 4 rings (SSSR count). The smallest absolute Gasteiger partial charge is 0.259 e. The van der Waals surface area contributed by atoms with E-state index in [0.717, 1.165) is 23.1 Å². The molecule has 0 saturated heterocycles. The van der Waals surface area contributed by atoms with Gasteiger partial charge in [0.05, 0.1) is 11.6 Å². The van der Waals surface area contributed by atoms with Gasteiger partial charge in [-0.3, -0.25) is 9.59 Å². The third-order valence-electron chi connectivity index (χ3n) is 5.78. The maximum absolute atomic E-state index is 13.8. The number of phenols is 1. The van der Waals surface area contributed by atoms with E-state index in [0.29, 0.717) is 12.0 Å².